The van der Waals surface area contributed by atoms with Gasteiger partial charge in [0.2, 0.25) is 0 Å². The maximum Gasteiger partial charge on any atom is 0.312 e. The van der Waals surface area contributed by atoms with Crippen molar-refractivity contribution in [2.45, 2.75) is 13.0 Å². The number of benzene rings is 1. The van der Waals surface area contributed by atoms with E-state index in [1.165, 1.54) is 12.7 Å². The van der Waals surface area contributed by atoms with Crippen LogP contribution in [0.1, 0.15) is 15.9 Å². The summed E-state index contributed by atoms with van der Waals surface area (Å²) in [6, 6.07) is 12.0. The number of nitrogens with zero attached hydrogens (tertiary/aromatic N) is 4. The molecule has 0 aliphatic carbocycles. The number of hydrogen-bond acceptors (Lipinski definition) is 5. The zero-order chi connectivity index (χ0) is 18.8. The number of ether oxygens (including phenoxy) is 1. The molecule has 3 heterocycles. The molecule has 2 aromatic heterocycles. The molecule has 7 heteroatoms. The first-order valence-corrected chi connectivity index (χ1v) is 8.87. The summed E-state index contributed by atoms with van der Waals surface area (Å²) in [5.74, 6) is -0.638. The van der Waals surface area contributed by atoms with Gasteiger partial charge in [-0.1, -0.05) is 30.3 Å². The highest BCUT2D eigenvalue weighted by atomic mass is 16.5. The summed E-state index contributed by atoms with van der Waals surface area (Å²) in [4.78, 5) is 34.5. The molecule has 1 aliphatic rings. The van der Waals surface area contributed by atoms with Gasteiger partial charge in [0.1, 0.15) is 5.52 Å². The van der Waals surface area contributed by atoms with Gasteiger partial charge in [-0.25, -0.2) is 9.97 Å². The predicted molar refractivity (Wildman–Crippen MR) is 99.1 cm³/mol. The lowest BCUT2D eigenvalue weighted by molar-refractivity contribution is -0.149. The van der Waals surface area contributed by atoms with Gasteiger partial charge >= 0.3 is 5.97 Å². The van der Waals surface area contributed by atoms with Crippen molar-refractivity contribution in [3.63, 3.8) is 0 Å². The number of imidazole rings is 1. The fourth-order valence-corrected chi connectivity index (χ4v) is 3.27. The van der Waals surface area contributed by atoms with Gasteiger partial charge in [0.25, 0.3) is 5.91 Å². The third-order valence-corrected chi connectivity index (χ3v) is 4.89. The number of methoxy groups -OCH3 is 1. The lowest BCUT2D eigenvalue weighted by Crippen LogP contribution is -2.53. The fraction of sp³-hybridized carbons (Fsp3) is 0.300. The molecule has 1 aliphatic heterocycles. The van der Waals surface area contributed by atoms with Gasteiger partial charge in [-0.3, -0.25) is 9.59 Å². The van der Waals surface area contributed by atoms with Crippen LogP contribution in [0.4, 0.5) is 0 Å². The second-order valence-corrected chi connectivity index (χ2v) is 6.67. The molecule has 3 aromatic rings. The van der Waals surface area contributed by atoms with Crippen LogP contribution < -0.4 is 0 Å². The first-order chi connectivity index (χ1) is 13.2. The Hall–Kier alpha value is -3.22. The number of rotatable bonds is 5. The van der Waals surface area contributed by atoms with E-state index < -0.39 is 0 Å². The van der Waals surface area contributed by atoms with Gasteiger partial charge < -0.3 is 14.2 Å². The molecule has 138 valence electrons. The van der Waals surface area contributed by atoms with Crippen molar-refractivity contribution >= 4 is 23.0 Å². The number of likely N-dealkylation sites (tertiary alicyclic amines) is 1. The van der Waals surface area contributed by atoms with Crippen molar-refractivity contribution in [3.05, 3.63) is 60.0 Å². The molecule has 1 amide bonds. The van der Waals surface area contributed by atoms with Gasteiger partial charge in [-0.2, -0.15) is 0 Å². The summed E-state index contributed by atoms with van der Waals surface area (Å²) in [6.07, 6.45) is 4.22. The fourth-order valence-electron chi connectivity index (χ4n) is 3.27. The van der Waals surface area contributed by atoms with Crippen molar-refractivity contribution < 1.29 is 14.3 Å². The van der Waals surface area contributed by atoms with E-state index in [0.717, 1.165) is 18.6 Å². The summed E-state index contributed by atoms with van der Waals surface area (Å²) >= 11 is 0. The first kappa shape index (κ1) is 17.2. The number of aryl methyl sites for hydroxylation is 2. The van der Waals surface area contributed by atoms with Gasteiger partial charge in [-0.15, -0.1) is 0 Å². The standard InChI is InChI=1S/C20H20N4O3/c1-27-20(26)16-11-24(12-16)19(25)15-9-17-18(21-10-15)23(13-22-17)8-7-14-5-3-2-4-6-14/h2-6,9-10,13,16H,7-8,11-12H2,1H3. The Balaban J connectivity index is 1.44. The maximum atomic E-state index is 12.5. The molecule has 1 saturated heterocycles. The van der Waals surface area contributed by atoms with Gasteiger partial charge in [0, 0.05) is 25.8 Å². The molecule has 0 atom stereocenters. The Morgan fingerprint density at radius 1 is 1.19 bits per heavy atom. The average molecular weight is 364 g/mol. The molecule has 0 saturated carbocycles. The van der Waals surface area contributed by atoms with Crippen molar-refractivity contribution in [1.82, 2.24) is 19.4 Å². The second kappa shape index (κ2) is 7.19. The molecule has 7 nitrogen and oxygen atoms in total. The molecular formula is C20H20N4O3. The van der Waals surface area contributed by atoms with Crippen LogP contribution in [-0.2, 0) is 22.5 Å². The van der Waals surface area contributed by atoms with E-state index >= 15 is 0 Å². The highest BCUT2D eigenvalue weighted by Crippen LogP contribution is 2.21. The normalized spacial score (nSPS) is 14.2. The van der Waals surface area contributed by atoms with Crippen LogP contribution in [0.25, 0.3) is 11.2 Å². The van der Waals surface area contributed by atoms with Crippen LogP contribution in [0.2, 0.25) is 0 Å². The number of carbonyl (C=O) groups is 2. The number of hydrogen-bond donors (Lipinski definition) is 0. The zero-order valence-corrected chi connectivity index (χ0v) is 15.0. The maximum absolute atomic E-state index is 12.5. The van der Waals surface area contributed by atoms with Crippen LogP contribution in [0.15, 0.2) is 48.9 Å². The number of esters is 1. The molecular weight excluding hydrogens is 344 g/mol. The highest BCUT2D eigenvalue weighted by Gasteiger charge is 2.36. The lowest BCUT2D eigenvalue weighted by atomic mass is 9.99. The molecule has 1 fully saturated rings. The molecule has 0 radical (unpaired) electrons. The number of amides is 1. The number of carbonyl (C=O) groups excluding carboxylic acids is 2. The molecule has 0 unspecified atom stereocenters. The van der Waals surface area contributed by atoms with Crippen LogP contribution in [0.5, 0.6) is 0 Å². The summed E-state index contributed by atoms with van der Waals surface area (Å²) in [7, 11) is 1.36. The minimum Gasteiger partial charge on any atom is -0.469 e. The minimum atomic E-state index is -0.273. The Bertz CT molecular complexity index is 977. The van der Waals surface area contributed by atoms with Crippen LogP contribution in [-0.4, -0.2) is 51.5 Å². The summed E-state index contributed by atoms with van der Waals surface area (Å²) in [5.41, 5.74) is 3.20. The van der Waals surface area contributed by atoms with Gasteiger partial charge in [-0.05, 0) is 18.1 Å². The van der Waals surface area contributed by atoms with Crippen molar-refractivity contribution in [3.8, 4) is 0 Å². The molecule has 4 rings (SSSR count). The third-order valence-electron chi connectivity index (χ3n) is 4.89. The van der Waals surface area contributed by atoms with Gasteiger partial charge in [0.15, 0.2) is 5.65 Å². The van der Waals surface area contributed by atoms with E-state index in [0.29, 0.717) is 24.2 Å². The van der Waals surface area contributed by atoms with E-state index in [1.54, 1.807) is 23.5 Å². The summed E-state index contributed by atoms with van der Waals surface area (Å²) in [5, 5.41) is 0. The molecule has 27 heavy (non-hydrogen) atoms. The Morgan fingerprint density at radius 3 is 2.70 bits per heavy atom. The van der Waals surface area contributed by atoms with E-state index in [-0.39, 0.29) is 17.8 Å². The quantitative estimate of drug-likeness (QED) is 0.647. The molecule has 1 aromatic carbocycles. The topological polar surface area (TPSA) is 77.3 Å². The summed E-state index contributed by atoms with van der Waals surface area (Å²) < 4.78 is 6.69. The van der Waals surface area contributed by atoms with E-state index in [9.17, 15) is 9.59 Å². The SMILES string of the molecule is COC(=O)C1CN(C(=O)c2cnc3c(c2)ncn3CCc2ccccc2)C1. The van der Waals surface area contributed by atoms with Crippen molar-refractivity contribution in [2.24, 2.45) is 5.92 Å². The second-order valence-electron chi connectivity index (χ2n) is 6.67. The zero-order valence-electron chi connectivity index (χ0n) is 15.0. The highest BCUT2D eigenvalue weighted by molar-refractivity contribution is 5.97. The third kappa shape index (κ3) is 3.40. The first-order valence-electron chi connectivity index (χ1n) is 8.87. The van der Waals surface area contributed by atoms with E-state index in [1.807, 2.05) is 22.8 Å². The number of aromatic nitrogens is 3. The molecule has 0 spiro atoms. The van der Waals surface area contributed by atoms with Crippen molar-refractivity contribution in [2.75, 3.05) is 20.2 Å². The van der Waals surface area contributed by atoms with E-state index in [4.69, 9.17) is 4.74 Å². The van der Waals surface area contributed by atoms with E-state index in [2.05, 4.69) is 22.1 Å². The lowest BCUT2D eigenvalue weighted by Gasteiger charge is -2.37. The van der Waals surface area contributed by atoms with Gasteiger partial charge in [0.05, 0.1) is 24.9 Å². The molecule has 0 bridgehead atoms. The Kier molecular flexibility index (Phi) is 4.58. The smallest absolute Gasteiger partial charge is 0.312 e. The summed E-state index contributed by atoms with van der Waals surface area (Å²) in [6.45, 7) is 1.54. The minimum absolute atomic E-state index is 0.136. The largest absolute Gasteiger partial charge is 0.469 e. The Morgan fingerprint density at radius 2 is 1.96 bits per heavy atom. The monoisotopic (exact) mass is 364 g/mol. The van der Waals surface area contributed by atoms with Crippen molar-refractivity contribution in [1.29, 1.82) is 0 Å². The Labute approximate surface area is 156 Å². The average Bonchev–Trinajstić information content (AvgIpc) is 3.08. The van der Waals surface area contributed by atoms with Crippen LogP contribution in [0, 0.1) is 5.92 Å². The number of fused-ring (bicyclic) bond motifs is 1. The van der Waals surface area contributed by atoms with Crippen LogP contribution in [0.3, 0.4) is 0 Å². The predicted octanol–water partition coefficient (Wildman–Crippen LogP) is 1.92. The van der Waals surface area contributed by atoms with Crippen LogP contribution >= 0.6 is 0 Å². The number of pyridine rings is 1. The molecule has 0 N–H and O–H groups in total.